The number of carbonyl (C=O) groups excluding carboxylic acids is 1. The van der Waals surface area contributed by atoms with Crippen LogP contribution in [0.3, 0.4) is 0 Å². The molecular weight excluding hydrogens is 150 g/mol. The maximum Gasteiger partial charge on any atom is 0.235 e. The molecule has 1 atom stereocenters. The van der Waals surface area contributed by atoms with E-state index in [1.54, 1.807) is 6.08 Å². The molecule has 0 bridgehead atoms. The van der Waals surface area contributed by atoms with Crippen molar-refractivity contribution in [3.05, 3.63) is 35.4 Å². The van der Waals surface area contributed by atoms with Crippen LogP contribution < -0.4 is 0 Å². The van der Waals surface area contributed by atoms with Crippen molar-refractivity contribution in [3.8, 4) is 0 Å². The summed E-state index contributed by atoms with van der Waals surface area (Å²) >= 11 is 0. The SMILES string of the molecule is Cc1ccc([C@@H](C)N=C=O)cc1. The molecule has 62 valence electrons. The van der Waals surface area contributed by atoms with Gasteiger partial charge >= 0.3 is 0 Å². The lowest BCUT2D eigenvalue weighted by atomic mass is 10.1. The number of isocyanates is 1. The normalized spacial score (nSPS) is 11.8. The predicted octanol–water partition coefficient (Wildman–Crippen LogP) is 2.39. The number of aryl methyl sites for hydroxylation is 1. The van der Waals surface area contributed by atoms with Crippen LogP contribution in [0.25, 0.3) is 0 Å². The van der Waals surface area contributed by atoms with Gasteiger partial charge in [-0.05, 0) is 19.4 Å². The second-order valence-electron chi connectivity index (χ2n) is 2.81. The molecule has 0 amide bonds. The molecule has 0 spiro atoms. The smallest absolute Gasteiger partial charge is 0.211 e. The minimum Gasteiger partial charge on any atom is -0.211 e. The zero-order valence-electron chi connectivity index (χ0n) is 7.24. The molecule has 0 saturated carbocycles. The third kappa shape index (κ3) is 2.04. The van der Waals surface area contributed by atoms with Crippen LogP contribution in [0.5, 0.6) is 0 Å². The van der Waals surface area contributed by atoms with Gasteiger partial charge in [-0.15, -0.1) is 0 Å². The van der Waals surface area contributed by atoms with Crippen molar-refractivity contribution in [3.63, 3.8) is 0 Å². The predicted molar refractivity (Wildman–Crippen MR) is 47.7 cm³/mol. The quantitative estimate of drug-likeness (QED) is 0.483. The molecule has 0 heterocycles. The summed E-state index contributed by atoms with van der Waals surface area (Å²) in [6, 6.07) is 7.88. The molecule has 2 nitrogen and oxygen atoms in total. The Labute approximate surface area is 71.9 Å². The summed E-state index contributed by atoms with van der Waals surface area (Å²) in [6.07, 6.45) is 1.56. The van der Waals surface area contributed by atoms with Gasteiger partial charge in [0, 0.05) is 0 Å². The molecule has 0 radical (unpaired) electrons. The van der Waals surface area contributed by atoms with E-state index in [1.165, 1.54) is 5.56 Å². The van der Waals surface area contributed by atoms with E-state index in [4.69, 9.17) is 0 Å². The monoisotopic (exact) mass is 161 g/mol. The number of nitrogens with zero attached hydrogens (tertiary/aromatic N) is 1. The molecule has 0 fully saturated rings. The van der Waals surface area contributed by atoms with Crippen LogP contribution >= 0.6 is 0 Å². The third-order valence-electron chi connectivity index (χ3n) is 1.81. The highest BCUT2D eigenvalue weighted by molar-refractivity contribution is 5.35. The highest BCUT2D eigenvalue weighted by atomic mass is 16.1. The van der Waals surface area contributed by atoms with E-state index < -0.39 is 0 Å². The first-order valence-electron chi connectivity index (χ1n) is 3.87. The minimum atomic E-state index is -0.0805. The van der Waals surface area contributed by atoms with Crippen LogP contribution in [0, 0.1) is 6.92 Å². The molecular formula is C10H11NO. The number of hydrogen-bond donors (Lipinski definition) is 0. The molecule has 0 aliphatic heterocycles. The van der Waals surface area contributed by atoms with Crippen LogP contribution in [0.2, 0.25) is 0 Å². The second kappa shape index (κ2) is 3.84. The minimum absolute atomic E-state index is 0.0805. The van der Waals surface area contributed by atoms with Gasteiger partial charge in [0.25, 0.3) is 0 Å². The Hall–Kier alpha value is -1.40. The first-order chi connectivity index (χ1) is 5.74. The lowest BCUT2D eigenvalue weighted by Gasteiger charge is -2.03. The number of hydrogen-bond acceptors (Lipinski definition) is 2. The Bertz CT molecular complexity index is 296. The largest absolute Gasteiger partial charge is 0.235 e. The highest BCUT2D eigenvalue weighted by Gasteiger charge is 2.00. The first kappa shape index (κ1) is 8.69. The Morgan fingerprint density at radius 1 is 1.33 bits per heavy atom. The maximum absolute atomic E-state index is 9.96. The van der Waals surface area contributed by atoms with Gasteiger partial charge in [-0.3, -0.25) is 0 Å². The summed E-state index contributed by atoms with van der Waals surface area (Å²) in [7, 11) is 0. The van der Waals surface area contributed by atoms with Gasteiger partial charge in [0.2, 0.25) is 6.08 Å². The van der Waals surface area contributed by atoms with Crippen molar-refractivity contribution in [2.45, 2.75) is 19.9 Å². The Kier molecular flexibility index (Phi) is 2.78. The van der Waals surface area contributed by atoms with Crippen LogP contribution in [0.15, 0.2) is 29.3 Å². The average Bonchev–Trinajstić information content (AvgIpc) is 2.06. The Balaban J connectivity index is 2.89. The molecule has 0 N–H and O–H groups in total. The van der Waals surface area contributed by atoms with Crippen LogP contribution in [-0.4, -0.2) is 6.08 Å². The fraction of sp³-hybridized carbons (Fsp3) is 0.300. The fourth-order valence-electron chi connectivity index (χ4n) is 0.999. The van der Waals surface area contributed by atoms with Crippen molar-refractivity contribution < 1.29 is 4.79 Å². The molecule has 12 heavy (non-hydrogen) atoms. The van der Waals surface area contributed by atoms with E-state index in [1.807, 2.05) is 38.1 Å². The van der Waals surface area contributed by atoms with Gasteiger partial charge < -0.3 is 0 Å². The lowest BCUT2D eigenvalue weighted by Crippen LogP contribution is -1.88. The Morgan fingerprint density at radius 3 is 2.42 bits per heavy atom. The molecule has 1 rings (SSSR count). The number of aliphatic imine (C=N–C) groups is 1. The first-order valence-corrected chi connectivity index (χ1v) is 3.87. The van der Waals surface area contributed by atoms with Crippen molar-refractivity contribution in [2.24, 2.45) is 4.99 Å². The van der Waals surface area contributed by atoms with Gasteiger partial charge in [-0.2, -0.15) is 4.99 Å². The standard InChI is InChI=1S/C10H11NO/c1-8-3-5-10(6-4-8)9(2)11-7-12/h3-6,9H,1-2H3/t9-/m1/s1. The average molecular weight is 161 g/mol. The van der Waals surface area contributed by atoms with Crippen molar-refractivity contribution in [1.29, 1.82) is 0 Å². The third-order valence-corrected chi connectivity index (χ3v) is 1.81. The van der Waals surface area contributed by atoms with Crippen molar-refractivity contribution >= 4 is 6.08 Å². The molecule has 0 unspecified atom stereocenters. The summed E-state index contributed by atoms with van der Waals surface area (Å²) in [5, 5.41) is 0. The molecule has 1 aromatic rings. The molecule has 0 saturated heterocycles. The van der Waals surface area contributed by atoms with E-state index in [-0.39, 0.29) is 6.04 Å². The lowest BCUT2D eigenvalue weighted by molar-refractivity contribution is 0.559. The Morgan fingerprint density at radius 2 is 1.92 bits per heavy atom. The van der Waals surface area contributed by atoms with Crippen molar-refractivity contribution in [2.75, 3.05) is 0 Å². The molecule has 1 aromatic carbocycles. The van der Waals surface area contributed by atoms with E-state index in [0.717, 1.165) is 5.56 Å². The summed E-state index contributed by atoms with van der Waals surface area (Å²) in [5.74, 6) is 0. The summed E-state index contributed by atoms with van der Waals surface area (Å²) < 4.78 is 0. The molecule has 2 heteroatoms. The van der Waals surface area contributed by atoms with Gasteiger partial charge in [-0.1, -0.05) is 29.8 Å². The van der Waals surface area contributed by atoms with E-state index in [9.17, 15) is 4.79 Å². The van der Waals surface area contributed by atoms with Gasteiger partial charge in [0.1, 0.15) is 0 Å². The van der Waals surface area contributed by atoms with E-state index in [0.29, 0.717) is 0 Å². The van der Waals surface area contributed by atoms with E-state index in [2.05, 4.69) is 4.99 Å². The van der Waals surface area contributed by atoms with Gasteiger partial charge in [-0.25, -0.2) is 4.79 Å². The number of benzene rings is 1. The van der Waals surface area contributed by atoms with E-state index >= 15 is 0 Å². The van der Waals surface area contributed by atoms with Crippen LogP contribution in [0.4, 0.5) is 0 Å². The van der Waals surface area contributed by atoms with Crippen LogP contribution in [0.1, 0.15) is 24.1 Å². The van der Waals surface area contributed by atoms with Gasteiger partial charge in [0.15, 0.2) is 0 Å². The topological polar surface area (TPSA) is 29.4 Å². The maximum atomic E-state index is 9.96. The van der Waals surface area contributed by atoms with Crippen molar-refractivity contribution in [1.82, 2.24) is 0 Å². The summed E-state index contributed by atoms with van der Waals surface area (Å²) in [6.45, 7) is 3.90. The molecule has 0 aliphatic carbocycles. The zero-order valence-corrected chi connectivity index (χ0v) is 7.24. The van der Waals surface area contributed by atoms with Crippen LogP contribution in [-0.2, 0) is 4.79 Å². The molecule has 0 aromatic heterocycles. The zero-order chi connectivity index (χ0) is 8.97. The summed E-state index contributed by atoms with van der Waals surface area (Å²) in [4.78, 5) is 13.6. The summed E-state index contributed by atoms with van der Waals surface area (Å²) in [5.41, 5.74) is 2.25. The molecule has 0 aliphatic rings. The highest BCUT2D eigenvalue weighted by Crippen LogP contribution is 2.15. The van der Waals surface area contributed by atoms with Gasteiger partial charge in [0.05, 0.1) is 6.04 Å². The number of rotatable bonds is 2. The second-order valence-corrected chi connectivity index (χ2v) is 2.81. The fourth-order valence-corrected chi connectivity index (χ4v) is 0.999.